The molecule has 0 heterocycles. The lowest BCUT2D eigenvalue weighted by molar-refractivity contribution is -0.127. The summed E-state index contributed by atoms with van der Waals surface area (Å²) in [5, 5.41) is 3.38. The standard InChI is InChI=1S/C14H19ClN2O2/c1-14(2,13(16)19)9-17-12(18)7-6-10-4-3-5-11(15)8-10/h3-5,8H,6-7,9H2,1-2H3,(H2,16,19)(H,17,18). The van der Waals surface area contributed by atoms with E-state index in [0.29, 0.717) is 17.9 Å². The molecule has 0 unspecified atom stereocenters. The van der Waals surface area contributed by atoms with Crippen molar-refractivity contribution in [3.05, 3.63) is 34.9 Å². The Balaban J connectivity index is 2.39. The van der Waals surface area contributed by atoms with Crippen LogP contribution in [0.1, 0.15) is 25.8 Å². The molecule has 0 fully saturated rings. The van der Waals surface area contributed by atoms with Crippen LogP contribution in [0.2, 0.25) is 5.02 Å². The van der Waals surface area contributed by atoms with Crippen LogP contribution in [0.25, 0.3) is 0 Å². The summed E-state index contributed by atoms with van der Waals surface area (Å²) in [5.74, 6) is -0.531. The third-order valence-corrected chi connectivity index (χ3v) is 3.16. The molecule has 0 radical (unpaired) electrons. The predicted molar refractivity (Wildman–Crippen MR) is 75.8 cm³/mol. The number of hydrogen-bond acceptors (Lipinski definition) is 2. The van der Waals surface area contributed by atoms with Crippen molar-refractivity contribution in [1.29, 1.82) is 0 Å². The Labute approximate surface area is 118 Å². The van der Waals surface area contributed by atoms with Crippen molar-refractivity contribution >= 4 is 23.4 Å². The third-order valence-electron chi connectivity index (χ3n) is 2.92. The summed E-state index contributed by atoms with van der Waals surface area (Å²) in [7, 11) is 0. The van der Waals surface area contributed by atoms with E-state index >= 15 is 0 Å². The van der Waals surface area contributed by atoms with E-state index in [0.717, 1.165) is 5.56 Å². The summed E-state index contributed by atoms with van der Waals surface area (Å²) in [5.41, 5.74) is 5.51. The van der Waals surface area contributed by atoms with Gasteiger partial charge >= 0.3 is 0 Å². The Morgan fingerprint density at radius 3 is 2.63 bits per heavy atom. The topological polar surface area (TPSA) is 72.2 Å². The first-order valence-corrected chi connectivity index (χ1v) is 6.50. The van der Waals surface area contributed by atoms with Gasteiger partial charge in [-0.2, -0.15) is 0 Å². The molecular formula is C14H19ClN2O2. The number of halogens is 1. The normalized spacial score (nSPS) is 11.1. The van der Waals surface area contributed by atoms with Gasteiger partial charge in [-0.25, -0.2) is 0 Å². The van der Waals surface area contributed by atoms with Crippen molar-refractivity contribution in [2.75, 3.05) is 6.54 Å². The van der Waals surface area contributed by atoms with Crippen LogP contribution in [-0.2, 0) is 16.0 Å². The van der Waals surface area contributed by atoms with E-state index in [1.54, 1.807) is 19.9 Å². The van der Waals surface area contributed by atoms with E-state index in [1.807, 2.05) is 18.2 Å². The van der Waals surface area contributed by atoms with Gasteiger partial charge in [0.1, 0.15) is 0 Å². The number of hydrogen-bond donors (Lipinski definition) is 2. The summed E-state index contributed by atoms with van der Waals surface area (Å²) >= 11 is 5.86. The molecule has 0 saturated carbocycles. The molecule has 19 heavy (non-hydrogen) atoms. The predicted octanol–water partition coefficient (Wildman–Crippen LogP) is 1.90. The molecule has 0 bridgehead atoms. The highest BCUT2D eigenvalue weighted by Gasteiger charge is 2.25. The molecule has 4 nitrogen and oxygen atoms in total. The number of aryl methyl sites for hydroxylation is 1. The molecule has 104 valence electrons. The van der Waals surface area contributed by atoms with Crippen molar-refractivity contribution in [1.82, 2.24) is 5.32 Å². The molecule has 5 heteroatoms. The largest absolute Gasteiger partial charge is 0.369 e. The number of carbonyl (C=O) groups excluding carboxylic acids is 2. The van der Waals surface area contributed by atoms with Gasteiger partial charge in [0.2, 0.25) is 11.8 Å². The maximum Gasteiger partial charge on any atom is 0.224 e. The lowest BCUT2D eigenvalue weighted by atomic mass is 9.93. The number of nitrogens with one attached hydrogen (secondary N) is 1. The van der Waals surface area contributed by atoms with Crippen molar-refractivity contribution < 1.29 is 9.59 Å². The van der Waals surface area contributed by atoms with E-state index < -0.39 is 11.3 Å². The van der Waals surface area contributed by atoms with E-state index in [4.69, 9.17) is 17.3 Å². The fourth-order valence-corrected chi connectivity index (χ4v) is 1.66. The maximum absolute atomic E-state index is 11.7. The Morgan fingerprint density at radius 1 is 1.37 bits per heavy atom. The Kier molecular flexibility index (Phi) is 5.36. The molecule has 0 aliphatic heterocycles. The van der Waals surface area contributed by atoms with Gasteiger partial charge in [-0.05, 0) is 38.0 Å². The zero-order chi connectivity index (χ0) is 14.5. The van der Waals surface area contributed by atoms with Crippen LogP contribution in [0.4, 0.5) is 0 Å². The zero-order valence-corrected chi connectivity index (χ0v) is 12.0. The van der Waals surface area contributed by atoms with Crippen molar-refractivity contribution in [3.8, 4) is 0 Å². The van der Waals surface area contributed by atoms with E-state index in [1.165, 1.54) is 0 Å². The smallest absolute Gasteiger partial charge is 0.224 e. The number of amides is 2. The summed E-state index contributed by atoms with van der Waals surface area (Å²) in [6, 6.07) is 7.40. The molecule has 0 spiro atoms. The minimum atomic E-state index is -0.730. The minimum Gasteiger partial charge on any atom is -0.369 e. The van der Waals surface area contributed by atoms with Gasteiger partial charge < -0.3 is 11.1 Å². The molecule has 0 aliphatic carbocycles. The zero-order valence-electron chi connectivity index (χ0n) is 11.2. The second-order valence-corrected chi connectivity index (χ2v) is 5.59. The van der Waals surface area contributed by atoms with Gasteiger partial charge in [-0.1, -0.05) is 23.7 Å². The molecule has 3 N–H and O–H groups in total. The van der Waals surface area contributed by atoms with Crippen LogP contribution < -0.4 is 11.1 Å². The molecule has 2 amide bonds. The van der Waals surface area contributed by atoms with Crippen molar-refractivity contribution in [3.63, 3.8) is 0 Å². The van der Waals surface area contributed by atoms with E-state index in [-0.39, 0.29) is 12.5 Å². The summed E-state index contributed by atoms with van der Waals surface area (Å²) in [6.07, 6.45) is 0.971. The third kappa shape index (κ3) is 5.30. The van der Waals surface area contributed by atoms with Gasteiger partial charge in [0.15, 0.2) is 0 Å². The van der Waals surface area contributed by atoms with Gasteiger partial charge in [-0.3, -0.25) is 9.59 Å². The first-order valence-electron chi connectivity index (χ1n) is 6.12. The molecular weight excluding hydrogens is 264 g/mol. The van der Waals surface area contributed by atoms with Crippen LogP contribution in [-0.4, -0.2) is 18.4 Å². The van der Waals surface area contributed by atoms with Crippen molar-refractivity contribution in [2.24, 2.45) is 11.1 Å². The second kappa shape index (κ2) is 6.57. The van der Waals surface area contributed by atoms with Gasteiger partial charge in [-0.15, -0.1) is 0 Å². The lowest BCUT2D eigenvalue weighted by Crippen LogP contribution is -2.42. The monoisotopic (exact) mass is 282 g/mol. The molecule has 1 aromatic rings. The summed E-state index contributed by atoms with van der Waals surface area (Å²) < 4.78 is 0. The number of rotatable bonds is 6. The van der Waals surface area contributed by atoms with E-state index in [2.05, 4.69) is 5.32 Å². The Bertz CT molecular complexity index is 472. The highest BCUT2D eigenvalue weighted by Crippen LogP contribution is 2.13. The fraction of sp³-hybridized carbons (Fsp3) is 0.429. The number of benzene rings is 1. The first kappa shape index (κ1) is 15.5. The highest BCUT2D eigenvalue weighted by atomic mass is 35.5. The lowest BCUT2D eigenvalue weighted by Gasteiger charge is -2.20. The van der Waals surface area contributed by atoms with Crippen LogP contribution in [0, 0.1) is 5.41 Å². The average Bonchev–Trinajstić information content (AvgIpc) is 2.34. The molecule has 0 aromatic heterocycles. The highest BCUT2D eigenvalue weighted by molar-refractivity contribution is 6.30. The van der Waals surface area contributed by atoms with Crippen LogP contribution >= 0.6 is 11.6 Å². The quantitative estimate of drug-likeness (QED) is 0.836. The maximum atomic E-state index is 11.7. The number of carbonyl (C=O) groups is 2. The van der Waals surface area contributed by atoms with Gasteiger partial charge in [0.05, 0.1) is 5.41 Å². The molecule has 1 rings (SSSR count). The van der Waals surface area contributed by atoms with E-state index in [9.17, 15) is 9.59 Å². The Hall–Kier alpha value is -1.55. The van der Waals surface area contributed by atoms with Crippen LogP contribution in [0.3, 0.4) is 0 Å². The molecule has 1 aromatic carbocycles. The van der Waals surface area contributed by atoms with Crippen LogP contribution in [0.15, 0.2) is 24.3 Å². The minimum absolute atomic E-state index is 0.102. The summed E-state index contributed by atoms with van der Waals surface area (Å²) in [4.78, 5) is 22.8. The molecule has 0 saturated heterocycles. The fourth-order valence-electron chi connectivity index (χ4n) is 1.45. The summed E-state index contributed by atoms with van der Waals surface area (Å²) in [6.45, 7) is 3.65. The molecule has 0 aliphatic rings. The number of primary amides is 1. The molecule has 0 atom stereocenters. The number of nitrogens with two attached hydrogens (primary N) is 1. The second-order valence-electron chi connectivity index (χ2n) is 5.15. The van der Waals surface area contributed by atoms with Crippen LogP contribution in [0.5, 0.6) is 0 Å². The SMILES string of the molecule is CC(C)(CNC(=O)CCc1cccc(Cl)c1)C(N)=O. The van der Waals surface area contributed by atoms with Gasteiger partial charge in [0, 0.05) is 18.0 Å². The van der Waals surface area contributed by atoms with Crippen molar-refractivity contribution in [2.45, 2.75) is 26.7 Å². The first-order chi connectivity index (χ1) is 8.81. The van der Waals surface area contributed by atoms with Gasteiger partial charge in [0.25, 0.3) is 0 Å². The average molecular weight is 283 g/mol. The Morgan fingerprint density at radius 2 is 2.05 bits per heavy atom.